The fraction of sp³-hybridized carbons (Fsp3) is 0.625. The van der Waals surface area contributed by atoms with Crippen LogP contribution in [0.25, 0.3) is 0 Å². The minimum Gasteiger partial charge on any atom is -0.393 e. The van der Waals surface area contributed by atoms with Crippen molar-refractivity contribution in [1.29, 1.82) is 0 Å². The molecule has 1 fully saturated rings. The highest BCUT2D eigenvalue weighted by molar-refractivity contribution is 5.14. The summed E-state index contributed by atoms with van der Waals surface area (Å²) < 4.78 is 0. The average molecular weight is 247 g/mol. The second kappa shape index (κ2) is 6.91. The van der Waals surface area contributed by atoms with E-state index in [1.54, 1.807) is 0 Å². The Morgan fingerprint density at radius 1 is 1.17 bits per heavy atom. The van der Waals surface area contributed by atoms with Crippen molar-refractivity contribution in [1.82, 2.24) is 4.90 Å². The number of benzene rings is 1. The van der Waals surface area contributed by atoms with Crippen molar-refractivity contribution in [2.24, 2.45) is 5.92 Å². The maximum Gasteiger partial charge on any atom is 0.0580 e. The summed E-state index contributed by atoms with van der Waals surface area (Å²) in [5.74, 6) is 0.486. The van der Waals surface area contributed by atoms with Crippen LogP contribution < -0.4 is 0 Å². The highest BCUT2D eigenvalue weighted by Gasteiger charge is 2.23. The van der Waals surface area contributed by atoms with Crippen LogP contribution in [0.2, 0.25) is 0 Å². The lowest BCUT2D eigenvalue weighted by Crippen LogP contribution is -2.35. The number of rotatable bonds is 5. The van der Waals surface area contributed by atoms with Crippen LogP contribution in [-0.2, 0) is 6.42 Å². The summed E-state index contributed by atoms with van der Waals surface area (Å²) in [6, 6.07) is 10.6. The zero-order valence-corrected chi connectivity index (χ0v) is 11.4. The van der Waals surface area contributed by atoms with E-state index in [0.29, 0.717) is 5.92 Å². The lowest BCUT2D eigenvalue weighted by molar-refractivity contribution is 0.0516. The molecule has 0 spiro atoms. The molecule has 18 heavy (non-hydrogen) atoms. The van der Waals surface area contributed by atoms with Gasteiger partial charge in [0.15, 0.2) is 0 Å². The number of aliphatic hydroxyl groups excluding tert-OH is 1. The molecule has 2 nitrogen and oxygen atoms in total. The van der Waals surface area contributed by atoms with E-state index in [0.717, 1.165) is 25.9 Å². The van der Waals surface area contributed by atoms with Crippen LogP contribution in [0.15, 0.2) is 30.3 Å². The summed E-state index contributed by atoms with van der Waals surface area (Å²) in [5, 5.41) is 9.98. The zero-order chi connectivity index (χ0) is 12.8. The Kier molecular flexibility index (Phi) is 5.21. The van der Waals surface area contributed by atoms with Gasteiger partial charge in [-0.15, -0.1) is 0 Å². The van der Waals surface area contributed by atoms with E-state index < -0.39 is 0 Å². The molecule has 0 heterocycles. The normalized spacial score (nSPS) is 24.4. The molecule has 2 unspecified atom stereocenters. The molecule has 0 aromatic heterocycles. The van der Waals surface area contributed by atoms with E-state index in [1.807, 2.05) is 0 Å². The van der Waals surface area contributed by atoms with Crippen molar-refractivity contribution >= 4 is 0 Å². The minimum absolute atomic E-state index is 0.0714. The van der Waals surface area contributed by atoms with Crippen molar-refractivity contribution in [3.8, 4) is 0 Å². The highest BCUT2D eigenvalue weighted by Crippen LogP contribution is 2.24. The molecule has 1 aliphatic rings. The number of hydrogen-bond acceptors (Lipinski definition) is 2. The zero-order valence-electron chi connectivity index (χ0n) is 11.4. The summed E-state index contributed by atoms with van der Waals surface area (Å²) in [7, 11) is 2.17. The molecule has 2 atom stereocenters. The molecule has 0 bridgehead atoms. The topological polar surface area (TPSA) is 23.5 Å². The van der Waals surface area contributed by atoms with Crippen LogP contribution in [0.1, 0.15) is 31.2 Å². The van der Waals surface area contributed by atoms with Crippen LogP contribution in [0, 0.1) is 5.92 Å². The molecule has 2 heteroatoms. The van der Waals surface area contributed by atoms with Crippen molar-refractivity contribution in [3.05, 3.63) is 35.9 Å². The molecule has 0 aliphatic heterocycles. The molecule has 0 saturated heterocycles. The fourth-order valence-electron chi connectivity index (χ4n) is 2.86. The van der Waals surface area contributed by atoms with Gasteiger partial charge < -0.3 is 10.0 Å². The molecule has 100 valence electrons. The number of aliphatic hydroxyl groups is 1. The average Bonchev–Trinajstić information content (AvgIpc) is 2.40. The van der Waals surface area contributed by atoms with E-state index in [-0.39, 0.29) is 6.10 Å². The Morgan fingerprint density at radius 3 is 2.61 bits per heavy atom. The van der Waals surface area contributed by atoms with Gasteiger partial charge in [-0.1, -0.05) is 43.2 Å². The maximum absolute atomic E-state index is 9.98. The van der Waals surface area contributed by atoms with Crippen LogP contribution in [0.5, 0.6) is 0 Å². The molecule has 0 amide bonds. The smallest absolute Gasteiger partial charge is 0.0580 e. The number of nitrogens with zero attached hydrogens (tertiary/aromatic N) is 1. The third-order valence-electron chi connectivity index (χ3n) is 4.04. The first kappa shape index (κ1) is 13.6. The standard InChI is InChI=1S/C16H25NO/c1-17(12-11-14-7-3-2-4-8-14)13-15-9-5-6-10-16(15)18/h2-4,7-8,15-16,18H,5-6,9-13H2,1H3. The molecule has 1 saturated carbocycles. The summed E-state index contributed by atoms with van der Waals surface area (Å²) in [5.41, 5.74) is 1.40. The molecular formula is C16H25NO. The van der Waals surface area contributed by atoms with Gasteiger partial charge in [0.1, 0.15) is 0 Å². The Labute approximate surface area is 111 Å². The van der Waals surface area contributed by atoms with Gasteiger partial charge in [-0.25, -0.2) is 0 Å². The predicted octanol–water partition coefficient (Wildman–Crippen LogP) is 2.71. The summed E-state index contributed by atoms with van der Waals surface area (Å²) in [6.07, 6.45) is 5.70. The van der Waals surface area contributed by atoms with Crippen molar-refractivity contribution in [2.75, 3.05) is 20.1 Å². The van der Waals surface area contributed by atoms with E-state index in [1.165, 1.54) is 24.8 Å². The van der Waals surface area contributed by atoms with Gasteiger partial charge in [0.2, 0.25) is 0 Å². The first-order valence-electron chi connectivity index (χ1n) is 7.16. The molecule has 0 radical (unpaired) electrons. The van der Waals surface area contributed by atoms with Gasteiger partial charge >= 0.3 is 0 Å². The monoisotopic (exact) mass is 247 g/mol. The third-order valence-corrected chi connectivity index (χ3v) is 4.04. The molecule has 1 N–H and O–H groups in total. The Balaban J connectivity index is 1.73. The Bertz CT molecular complexity index is 338. The predicted molar refractivity (Wildman–Crippen MR) is 75.6 cm³/mol. The van der Waals surface area contributed by atoms with Crippen LogP contribution >= 0.6 is 0 Å². The molecule has 2 rings (SSSR count). The van der Waals surface area contributed by atoms with Gasteiger partial charge in [0.05, 0.1) is 6.10 Å². The summed E-state index contributed by atoms with van der Waals surface area (Å²) >= 11 is 0. The number of likely N-dealkylation sites (N-methyl/N-ethyl adjacent to an activating group) is 1. The van der Waals surface area contributed by atoms with E-state index in [9.17, 15) is 5.11 Å². The van der Waals surface area contributed by atoms with Gasteiger partial charge in [0, 0.05) is 13.1 Å². The highest BCUT2D eigenvalue weighted by atomic mass is 16.3. The second-order valence-corrected chi connectivity index (χ2v) is 5.61. The first-order valence-corrected chi connectivity index (χ1v) is 7.16. The van der Waals surface area contributed by atoms with Gasteiger partial charge in [-0.2, -0.15) is 0 Å². The van der Waals surface area contributed by atoms with Gasteiger partial charge in [0.25, 0.3) is 0 Å². The van der Waals surface area contributed by atoms with Crippen molar-refractivity contribution in [2.45, 2.75) is 38.2 Å². The number of hydrogen-bond donors (Lipinski definition) is 1. The van der Waals surface area contributed by atoms with Crippen molar-refractivity contribution < 1.29 is 5.11 Å². The van der Waals surface area contributed by atoms with Gasteiger partial charge in [-0.05, 0) is 37.8 Å². The van der Waals surface area contributed by atoms with E-state index in [4.69, 9.17) is 0 Å². The fourth-order valence-corrected chi connectivity index (χ4v) is 2.86. The Hall–Kier alpha value is -0.860. The SMILES string of the molecule is CN(CCc1ccccc1)CC1CCCCC1O. The minimum atomic E-state index is -0.0714. The van der Waals surface area contributed by atoms with E-state index in [2.05, 4.69) is 42.3 Å². The second-order valence-electron chi connectivity index (χ2n) is 5.61. The van der Waals surface area contributed by atoms with Crippen LogP contribution in [0.3, 0.4) is 0 Å². The molecule has 1 aromatic rings. The molecular weight excluding hydrogens is 222 g/mol. The van der Waals surface area contributed by atoms with E-state index >= 15 is 0 Å². The lowest BCUT2D eigenvalue weighted by Gasteiger charge is -2.31. The third kappa shape index (κ3) is 4.11. The Morgan fingerprint density at radius 2 is 1.89 bits per heavy atom. The first-order chi connectivity index (χ1) is 8.75. The quantitative estimate of drug-likeness (QED) is 0.865. The summed E-state index contributed by atoms with van der Waals surface area (Å²) in [6.45, 7) is 2.11. The maximum atomic E-state index is 9.98. The van der Waals surface area contributed by atoms with Gasteiger partial charge in [-0.3, -0.25) is 0 Å². The molecule has 1 aliphatic carbocycles. The molecule has 1 aromatic carbocycles. The van der Waals surface area contributed by atoms with Crippen LogP contribution in [0.4, 0.5) is 0 Å². The largest absolute Gasteiger partial charge is 0.393 e. The van der Waals surface area contributed by atoms with Crippen molar-refractivity contribution in [3.63, 3.8) is 0 Å². The lowest BCUT2D eigenvalue weighted by atomic mass is 9.86. The summed E-state index contributed by atoms with van der Waals surface area (Å²) in [4.78, 5) is 2.37. The van der Waals surface area contributed by atoms with Crippen LogP contribution in [-0.4, -0.2) is 36.2 Å².